The van der Waals surface area contributed by atoms with Crippen molar-refractivity contribution in [2.45, 2.75) is 45.4 Å². The molecule has 1 aliphatic heterocycles. The Kier molecular flexibility index (Phi) is 6.56. The predicted molar refractivity (Wildman–Crippen MR) is 137 cm³/mol. The average molecular weight is 482 g/mol. The van der Waals surface area contributed by atoms with Gasteiger partial charge in [-0.2, -0.15) is 0 Å². The van der Waals surface area contributed by atoms with E-state index in [1.165, 1.54) is 17.7 Å². The molecule has 7 heteroatoms. The van der Waals surface area contributed by atoms with E-state index in [1.807, 2.05) is 24.3 Å². The molecular formula is C26H28ClN3O2S. The van der Waals surface area contributed by atoms with Gasteiger partial charge in [0.05, 0.1) is 11.8 Å². The van der Waals surface area contributed by atoms with Gasteiger partial charge in [-0.1, -0.05) is 18.5 Å². The second-order valence-corrected chi connectivity index (χ2v) is 10.5. The average Bonchev–Trinajstić information content (AvgIpc) is 3.44. The molecule has 2 aromatic heterocycles. The van der Waals surface area contributed by atoms with Crippen LogP contribution in [0.25, 0.3) is 0 Å². The predicted octanol–water partition coefficient (Wildman–Crippen LogP) is 7.11. The summed E-state index contributed by atoms with van der Waals surface area (Å²) in [5.41, 5.74) is 2.56. The van der Waals surface area contributed by atoms with Gasteiger partial charge >= 0.3 is 0 Å². The van der Waals surface area contributed by atoms with Crippen LogP contribution in [0.5, 0.6) is 0 Å². The Labute approximate surface area is 203 Å². The number of nitrogens with one attached hydrogen (secondary N) is 1. The number of rotatable bonds is 5. The molecule has 1 aliphatic carbocycles. The van der Waals surface area contributed by atoms with E-state index in [-0.39, 0.29) is 5.91 Å². The van der Waals surface area contributed by atoms with Crippen LogP contribution in [0.3, 0.4) is 0 Å². The van der Waals surface area contributed by atoms with Crippen LogP contribution < -0.4 is 10.2 Å². The first-order valence-corrected chi connectivity index (χ1v) is 12.9. The third kappa shape index (κ3) is 5.02. The first-order chi connectivity index (χ1) is 16.1. The summed E-state index contributed by atoms with van der Waals surface area (Å²) >= 11 is 7.61. The third-order valence-electron chi connectivity index (χ3n) is 6.50. The maximum absolute atomic E-state index is 13.3. The van der Waals surface area contributed by atoms with Crippen molar-refractivity contribution in [2.24, 2.45) is 10.9 Å². The van der Waals surface area contributed by atoms with Gasteiger partial charge in [0.25, 0.3) is 5.91 Å². The second kappa shape index (κ2) is 9.74. The Morgan fingerprint density at radius 3 is 2.70 bits per heavy atom. The summed E-state index contributed by atoms with van der Waals surface area (Å²) in [4.78, 5) is 21.6. The molecule has 1 N–H and O–H groups in total. The van der Waals surface area contributed by atoms with Crippen molar-refractivity contribution in [1.29, 1.82) is 0 Å². The van der Waals surface area contributed by atoms with Gasteiger partial charge < -0.3 is 14.6 Å². The van der Waals surface area contributed by atoms with Crippen LogP contribution in [-0.4, -0.2) is 25.2 Å². The number of fused-ring (bicyclic) bond motifs is 1. The Morgan fingerprint density at radius 2 is 1.91 bits per heavy atom. The molecule has 5 rings (SSSR count). The summed E-state index contributed by atoms with van der Waals surface area (Å²) in [6, 6.07) is 11.2. The van der Waals surface area contributed by atoms with Gasteiger partial charge in [0.1, 0.15) is 10.8 Å². The number of halogens is 1. The zero-order valence-corrected chi connectivity index (χ0v) is 20.3. The first-order valence-electron chi connectivity index (χ1n) is 11.7. The maximum Gasteiger partial charge on any atom is 0.259 e. The van der Waals surface area contributed by atoms with E-state index in [0.717, 1.165) is 66.8 Å². The number of hydrogen-bond acceptors (Lipinski definition) is 5. The van der Waals surface area contributed by atoms with Gasteiger partial charge in [0.2, 0.25) is 0 Å². The fourth-order valence-corrected chi connectivity index (χ4v) is 5.89. The Balaban J connectivity index is 1.38. The van der Waals surface area contributed by atoms with Gasteiger partial charge in [0, 0.05) is 34.7 Å². The quantitative estimate of drug-likeness (QED) is 0.395. The number of carbonyl (C=O) groups excluding carboxylic acids is 1. The zero-order valence-electron chi connectivity index (χ0n) is 18.8. The molecule has 3 aromatic rings. The molecule has 0 bridgehead atoms. The van der Waals surface area contributed by atoms with Crippen molar-refractivity contribution in [3.63, 3.8) is 0 Å². The van der Waals surface area contributed by atoms with E-state index in [0.29, 0.717) is 16.3 Å². The monoisotopic (exact) mass is 481 g/mol. The summed E-state index contributed by atoms with van der Waals surface area (Å²) in [5.74, 6) is 2.26. The fraction of sp³-hybridized carbons (Fsp3) is 0.385. The van der Waals surface area contributed by atoms with Crippen LogP contribution in [0.4, 0.5) is 16.6 Å². The van der Waals surface area contributed by atoms with Gasteiger partial charge in [-0.25, -0.2) is 4.99 Å². The molecular weight excluding hydrogens is 454 g/mol. The highest BCUT2D eigenvalue weighted by Crippen LogP contribution is 2.40. The highest BCUT2D eigenvalue weighted by Gasteiger charge is 2.25. The molecule has 3 heterocycles. The molecule has 33 heavy (non-hydrogen) atoms. The topological polar surface area (TPSA) is 57.8 Å². The number of aliphatic imine (C=N–C) groups is 1. The third-order valence-corrected chi connectivity index (χ3v) is 7.95. The summed E-state index contributed by atoms with van der Waals surface area (Å²) in [6.07, 6.45) is 8.31. The number of nitrogens with zero attached hydrogens (tertiary/aromatic N) is 2. The van der Waals surface area contributed by atoms with Crippen LogP contribution in [0.1, 0.15) is 59.2 Å². The number of carbonyl (C=O) groups is 1. The first kappa shape index (κ1) is 22.2. The number of anilines is 2. The number of thiophene rings is 1. The minimum absolute atomic E-state index is 0.119. The molecule has 1 saturated heterocycles. The molecule has 5 nitrogen and oxygen atoms in total. The minimum atomic E-state index is -0.119. The van der Waals surface area contributed by atoms with Crippen molar-refractivity contribution in [3.05, 3.63) is 63.2 Å². The summed E-state index contributed by atoms with van der Waals surface area (Å²) in [5, 5.41) is 4.41. The second-order valence-electron chi connectivity index (χ2n) is 8.96. The van der Waals surface area contributed by atoms with Gasteiger partial charge in [-0.3, -0.25) is 4.79 Å². The van der Waals surface area contributed by atoms with Crippen LogP contribution in [-0.2, 0) is 12.8 Å². The molecule has 2 aliphatic rings. The number of aryl methyl sites for hydroxylation is 1. The Morgan fingerprint density at radius 1 is 1.15 bits per heavy atom. The lowest BCUT2D eigenvalue weighted by atomic mass is 9.95. The van der Waals surface area contributed by atoms with Crippen LogP contribution in [0, 0.1) is 5.92 Å². The van der Waals surface area contributed by atoms with E-state index in [4.69, 9.17) is 21.0 Å². The lowest BCUT2D eigenvalue weighted by Gasteiger charge is -2.29. The highest BCUT2D eigenvalue weighted by molar-refractivity contribution is 7.16. The van der Waals surface area contributed by atoms with Crippen LogP contribution in [0.2, 0.25) is 5.02 Å². The standard InChI is InChI=1S/C26H28ClN3O2S/c1-17-12-14-30(15-13-17)23-11-10-20(32-23)16-28-26-24(21-4-2-3-5-22(21)33-26)25(31)29-19-8-6-18(27)7-9-19/h6-11,16-17H,2-5,12-15H2,1H3,(H,29,31). The van der Waals surface area contributed by atoms with Crippen LogP contribution >= 0.6 is 22.9 Å². The van der Waals surface area contributed by atoms with Crippen molar-refractivity contribution in [3.8, 4) is 0 Å². The normalized spacial score (nSPS) is 16.8. The van der Waals surface area contributed by atoms with Gasteiger partial charge in [-0.15, -0.1) is 11.3 Å². The number of piperidine rings is 1. The minimum Gasteiger partial charge on any atom is -0.440 e. The van der Waals surface area contributed by atoms with Crippen molar-refractivity contribution >= 4 is 51.6 Å². The van der Waals surface area contributed by atoms with Gasteiger partial charge in [-0.05, 0) is 80.3 Å². The number of hydrogen-bond donors (Lipinski definition) is 1. The number of amides is 1. The SMILES string of the molecule is CC1CCN(c2ccc(C=Nc3sc4c(c3C(=O)Nc3ccc(Cl)cc3)CCCC4)o2)CC1. The zero-order chi connectivity index (χ0) is 22.8. The van der Waals surface area contributed by atoms with Crippen molar-refractivity contribution in [1.82, 2.24) is 0 Å². The van der Waals surface area contributed by atoms with E-state index in [2.05, 4.69) is 17.1 Å². The Hall–Kier alpha value is -2.57. The fourth-order valence-electron chi connectivity index (χ4n) is 4.54. The summed E-state index contributed by atoms with van der Waals surface area (Å²) in [7, 11) is 0. The lowest BCUT2D eigenvalue weighted by molar-refractivity contribution is 0.102. The van der Waals surface area contributed by atoms with E-state index in [9.17, 15) is 4.79 Å². The van der Waals surface area contributed by atoms with Gasteiger partial charge in [0.15, 0.2) is 5.88 Å². The molecule has 1 fully saturated rings. The summed E-state index contributed by atoms with van der Waals surface area (Å²) < 4.78 is 6.06. The molecule has 0 spiro atoms. The lowest BCUT2D eigenvalue weighted by Crippen LogP contribution is -2.32. The van der Waals surface area contributed by atoms with E-state index in [1.54, 1.807) is 29.7 Å². The van der Waals surface area contributed by atoms with E-state index < -0.39 is 0 Å². The maximum atomic E-state index is 13.3. The molecule has 1 amide bonds. The molecule has 1 aromatic carbocycles. The number of benzene rings is 1. The highest BCUT2D eigenvalue weighted by atomic mass is 35.5. The summed E-state index contributed by atoms with van der Waals surface area (Å²) in [6.45, 7) is 4.36. The Bertz CT molecular complexity index is 1160. The van der Waals surface area contributed by atoms with Crippen LogP contribution in [0.15, 0.2) is 45.8 Å². The smallest absolute Gasteiger partial charge is 0.259 e. The molecule has 0 radical (unpaired) electrons. The molecule has 0 saturated carbocycles. The largest absolute Gasteiger partial charge is 0.440 e. The van der Waals surface area contributed by atoms with E-state index >= 15 is 0 Å². The number of furan rings is 1. The molecule has 0 unspecified atom stereocenters. The van der Waals surface area contributed by atoms with Crippen molar-refractivity contribution < 1.29 is 9.21 Å². The van der Waals surface area contributed by atoms with Crippen molar-refractivity contribution in [2.75, 3.05) is 23.3 Å². The molecule has 0 atom stereocenters. The molecule has 172 valence electrons.